The third-order valence-electron chi connectivity index (χ3n) is 4.01. The van der Waals surface area contributed by atoms with E-state index in [9.17, 15) is 0 Å². The average Bonchev–Trinajstić information content (AvgIpc) is 2.70. The van der Waals surface area contributed by atoms with Crippen molar-refractivity contribution >= 4 is 0 Å². The Labute approximate surface area is 104 Å². The van der Waals surface area contributed by atoms with Gasteiger partial charge in [0.15, 0.2) is 0 Å². The molecule has 96 valence electrons. The lowest BCUT2D eigenvalue weighted by Gasteiger charge is -2.39. The fraction of sp³-hybridized carbons (Fsp3) is 0.786. The zero-order valence-corrected chi connectivity index (χ0v) is 11.3. The van der Waals surface area contributed by atoms with Crippen molar-refractivity contribution in [2.45, 2.75) is 65.0 Å². The van der Waals surface area contributed by atoms with Gasteiger partial charge in [-0.2, -0.15) is 5.10 Å². The third-order valence-corrected chi connectivity index (χ3v) is 4.01. The quantitative estimate of drug-likeness (QED) is 0.875. The van der Waals surface area contributed by atoms with Crippen molar-refractivity contribution < 1.29 is 0 Å². The molecule has 1 fully saturated rings. The third kappa shape index (κ3) is 2.71. The summed E-state index contributed by atoms with van der Waals surface area (Å²) >= 11 is 0. The van der Waals surface area contributed by atoms with Crippen LogP contribution in [0.15, 0.2) is 12.3 Å². The van der Waals surface area contributed by atoms with Crippen LogP contribution in [0.3, 0.4) is 0 Å². The highest BCUT2D eigenvalue weighted by Gasteiger charge is 2.35. The molecule has 0 saturated heterocycles. The van der Waals surface area contributed by atoms with Crippen molar-refractivity contribution in [3.8, 4) is 0 Å². The molecule has 1 aromatic rings. The summed E-state index contributed by atoms with van der Waals surface area (Å²) < 4.78 is 2.14. The predicted molar refractivity (Wildman–Crippen MR) is 70.9 cm³/mol. The van der Waals surface area contributed by atoms with E-state index in [-0.39, 0.29) is 0 Å². The Morgan fingerprint density at radius 1 is 1.53 bits per heavy atom. The Morgan fingerprint density at radius 2 is 2.29 bits per heavy atom. The van der Waals surface area contributed by atoms with Crippen LogP contribution in [0.1, 0.15) is 58.1 Å². The predicted octanol–water partition coefficient (Wildman–Crippen LogP) is 2.91. The SMILES string of the molecule is CCCn1nccc1C1CC(C)(C)CCC1N. The van der Waals surface area contributed by atoms with Gasteiger partial charge in [0.05, 0.1) is 0 Å². The Balaban J connectivity index is 2.21. The summed E-state index contributed by atoms with van der Waals surface area (Å²) in [5.41, 5.74) is 8.07. The molecule has 0 radical (unpaired) electrons. The van der Waals surface area contributed by atoms with Crippen LogP contribution in [-0.2, 0) is 6.54 Å². The molecule has 1 aromatic heterocycles. The molecular formula is C14H25N3. The van der Waals surface area contributed by atoms with Gasteiger partial charge in [0.2, 0.25) is 0 Å². The Morgan fingerprint density at radius 3 is 3.00 bits per heavy atom. The summed E-state index contributed by atoms with van der Waals surface area (Å²) in [6.45, 7) is 7.90. The summed E-state index contributed by atoms with van der Waals surface area (Å²) in [6.07, 6.45) is 6.60. The minimum absolute atomic E-state index is 0.301. The minimum Gasteiger partial charge on any atom is -0.327 e. The van der Waals surface area contributed by atoms with E-state index in [2.05, 4.69) is 36.6 Å². The zero-order chi connectivity index (χ0) is 12.5. The lowest BCUT2D eigenvalue weighted by Crippen LogP contribution is -2.38. The topological polar surface area (TPSA) is 43.8 Å². The molecule has 1 aliphatic rings. The van der Waals surface area contributed by atoms with E-state index < -0.39 is 0 Å². The van der Waals surface area contributed by atoms with Crippen LogP contribution >= 0.6 is 0 Å². The van der Waals surface area contributed by atoms with Crippen molar-refractivity contribution in [2.75, 3.05) is 0 Å². The molecule has 3 heteroatoms. The largest absolute Gasteiger partial charge is 0.327 e. The van der Waals surface area contributed by atoms with Gasteiger partial charge in [-0.05, 0) is 37.2 Å². The number of hydrogen-bond acceptors (Lipinski definition) is 2. The van der Waals surface area contributed by atoms with Gasteiger partial charge in [-0.15, -0.1) is 0 Å². The Bertz CT molecular complexity index is 367. The van der Waals surface area contributed by atoms with Crippen LogP contribution in [0.5, 0.6) is 0 Å². The maximum Gasteiger partial charge on any atom is 0.0492 e. The molecular weight excluding hydrogens is 210 g/mol. The molecule has 2 unspecified atom stereocenters. The van der Waals surface area contributed by atoms with Crippen molar-refractivity contribution in [3.63, 3.8) is 0 Å². The Kier molecular flexibility index (Phi) is 3.57. The van der Waals surface area contributed by atoms with Crippen LogP contribution in [0, 0.1) is 5.41 Å². The van der Waals surface area contributed by atoms with E-state index in [4.69, 9.17) is 5.73 Å². The van der Waals surface area contributed by atoms with Crippen LogP contribution < -0.4 is 5.73 Å². The lowest BCUT2D eigenvalue weighted by atomic mass is 9.69. The maximum absolute atomic E-state index is 6.32. The molecule has 1 heterocycles. The molecule has 0 aromatic carbocycles. The highest BCUT2D eigenvalue weighted by Crippen LogP contribution is 2.42. The lowest BCUT2D eigenvalue weighted by molar-refractivity contribution is 0.193. The maximum atomic E-state index is 6.32. The molecule has 3 nitrogen and oxygen atoms in total. The number of nitrogens with zero attached hydrogens (tertiary/aromatic N) is 2. The Hall–Kier alpha value is -0.830. The van der Waals surface area contributed by atoms with Gasteiger partial charge in [0, 0.05) is 30.4 Å². The van der Waals surface area contributed by atoms with Gasteiger partial charge < -0.3 is 5.73 Å². The van der Waals surface area contributed by atoms with Crippen LogP contribution in [0.2, 0.25) is 0 Å². The summed E-state index contributed by atoms with van der Waals surface area (Å²) in [4.78, 5) is 0. The molecule has 0 bridgehead atoms. The van der Waals surface area contributed by atoms with Gasteiger partial charge in [-0.25, -0.2) is 0 Å². The number of nitrogens with two attached hydrogens (primary N) is 1. The second-order valence-electron chi connectivity index (χ2n) is 6.16. The number of rotatable bonds is 3. The van der Waals surface area contributed by atoms with E-state index in [1.807, 2.05) is 6.20 Å². The normalized spacial score (nSPS) is 28.2. The van der Waals surface area contributed by atoms with Crippen LogP contribution in [-0.4, -0.2) is 15.8 Å². The number of hydrogen-bond donors (Lipinski definition) is 1. The number of aromatic nitrogens is 2. The summed E-state index contributed by atoms with van der Waals surface area (Å²) in [6, 6.07) is 2.46. The molecule has 0 spiro atoms. The fourth-order valence-electron chi connectivity index (χ4n) is 2.99. The van der Waals surface area contributed by atoms with Crippen LogP contribution in [0.4, 0.5) is 0 Å². The van der Waals surface area contributed by atoms with Gasteiger partial charge in [-0.3, -0.25) is 4.68 Å². The van der Waals surface area contributed by atoms with Gasteiger partial charge in [0.25, 0.3) is 0 Å². The monoisotopic (exact) mass is 235 g/mol. The van der Waals surface area contributed by atoms with E-state index in [1.165, 1.54) is 18.5 Å². The smallest absolute Gasteiger partial charge is 0.0492 e. The first-order valence-corrected chi connectivity index (χ1v) is 6.81. The van der Waals surface area contributed by atoms with E-state index in [1.54, 1.807) is 0 Å². The number of aryl methyl sites for hydroxylation is 1. The van der Waals surface area contributed by atoms with Gasteiger partial charge in [0.1, 0.15) is 0 Å². The first-order valence-electron chi connectivity index (χ1n) is 6.81. The molecule has 0 aliphatic heterocycles. The van der Waals surface area contributed by atoms with Crippen molar-refractivity contribution in [1.29, 1.82) is 0 Å². The van der Waals surface area contributed by atoms with E-state index >= 15 is 0 Å². The second-order valence-corrected chi connectivity index (χ2v) is 6.16. The van der Waals surface area contributed by atoms with E-state index in [0.717, 1.165) is 19.4 Å². The highest BCUT2D eigenvalue weighted by atomic mass is 15.3. The molecule has 1 saturated carbocycles. The van der Waals surface area contributed by atoms with Gasteiger partial charge in [-0.1, -0.05) is 20.8 Å². The van der Waals surface area contributed by atoms with Crippen LogP contribution in [0.25, 0.3) is 0 Å². The molecule has 2 N–H and O–H groups in total. The van der Waals surface area contributed by atoms with Crippen molar-refractivity contribution in [2.24, 2.45) is 11.1 Å². The molecule has 0 amide bonds. The second kappa shape index (κ2) is 4.81. The summed E-state index contributed by atoms with van der Waals surface area (Å²) in [7, 11) is 0. The zero-order valence-electron chi connectivity index (χ0n) is 11.3. The average molecular weight is 235 g/mol. The minimum atomic E-state index is 0.301. The fourth-order valence-corrected chi connectivity index (χ4v) is 2.99. The molecule has 2 rings (SSSR count). The highest BCUT2D eigenvalue weighted by molar-refractivity contribution is 5.13. The van der Waals surface area contributed by atoms with Gasteiger partial charge >= 0.3 is 0 Å². The molecule has 2 atom stereocenters. The molecule has 1 aliphatic carbocycles. The first-order chi connectivity index (χ1) is 8.03. The van der Waals surface area contributed by atoms with Crippen molar-refractivity contribution in [3.05, 3.63) is 18.0 Å². The van der Waals surface area contributed by atoms with Crippen molar-refractivity contribution in [1.82, 2.24) is 9.78 Å². The summed E-state index contributed by atoms with van der Waals surface area (Å²) in [5, 5.41) is 4.42. The standard InChI is InChI=1S/C14H25N3/c1-4-9-17-13(6-8-16-17)11-10-14(2,3)7-5-12(11)15/h6,8,11-12H,4-5,7,9-10,15H2,1-3H3. The van der Waals surface area contributed by atoms with E-state index in [0.29, 0.717) is 17.4 Å². The first kappa shape index (κ1) is 12.6. The molecule has 17 heavy (non-hydrogen) atoms. The summed E-state index contributed by atoms with van der Waals surface area (Å²) in [5.74, 6) is 0.479.